The van der Waals surface area contributed by atoms with Gasteiger partial charge in [0.1, 0.15) is 6.04 Å². The smallest absolute Gasteiger partial charge is 0.323 e. The van der Waals surface area contributed by atoms with Gasteiger partial charge in [0.25, 0.3) is 0 Å². The average molecular weight is 215 g/mol. The van der Waals surface area contributed by atoms with Gasteiger partial charge in [-0.3, -0.25) is 4.79 Å². The highest BCUT2D eigenvalue weighted by molar-refractivity contribution is 5.75. The van der Waals surface area contributed by atoms with Gasteiger partial charge in [0.15, 0.2) is 0 Å². The molecule has 0 aromatic heterocycles. The number of nitrogens with two attached hydrogens (primary N) is 1. The Balaban J connectivity index is 2.44. The van der Waals surface area contributed by atoms with Crippen LogP contribution in [0.2, 0.25) is 0 Å². The van der Waals surface area contributed by atoms with Crippen molar-refractivity contribution < 1.29 is 14.3 Å². The van der Waals surface area contributed by atoms with Crippen LogP contribution in [0.15, 0.2) is 0 Å². The Bertz CT molecular complexity index is 208. The molecule has 3 atom stereocenters. The summed E-state index contributed by atoms with van der Waals surface area (Å²) in [5, 5.41) is 0. The fraction of sp³-hybridized carbons (Fsp3) is 0.909. The second-order valence-electron chi connectivity index (χ2n) is 4.06. The summed E-state index contributed by atoms with van der Waals surface area (Å²) in [4.78, 5) is 11.4. The van der Waals surface area contributed by atoms with Crippen molar-refractivity contribution in [2.75, 3.05) is 13.7 Å². The minimum absolute atomic E-state index is 0.211. The lowest BCUT2D eigenvalue weighted by atomic mass is 9.82. The predicted molar refractivity (Wildman–Crippen MR) is 57.4 cm³/mol. The summed E-state index contributed by atoms with van der Waals surface area (Å²) in [5.41, 5.74) is 5.86. The van der Waals surface area contributed by atoms with Crippen molar-refractivity contribution in [3.8, 4) is 0 Å². The van der Waals surface area contributed by atoms with Crippen molar-refractivity contribution in [1.82, 2.24) is 0 Å². The van der Waals surface area contributed by atoms with Crippen LogP contribution >= 0.6 is 0 Å². The average Bonchev–Trinajstić information content (AvgIpc) is 2.28. The quantitative estimate of drug-likeness (QED) is 0.713. The van der Waals surface area contributed by atoms with Crippen LogP contribution in [0.25, 0.3) is 0 Å². The zero-order valence-corrected chi connectivity index (χ0v) is 9.57. The third-order valence-corrected chi connectivity index (χ3v) is 3.07. The molecule has 0 spiro atoms. The van der Waals surface area contributed by atoms with Gasteiger partial charge in [0, 0.05) is 7.11 Å². The molecule has 2 N–H and O–H groups in total. The van der Waals surface area contributed by atoms with Gasteiger partial charge in [-0.2, -0.15) is 0 Å². The molecule has 0 aromatic rings. The van der Waals surface area contributed by atoms with E-state index in [4.69, 9.17) is 15.2 Å². The molecule has 0 heterocycles. The van der Waals surface area contributed by atoms with Gasteiger partial charge < -0.3 is 15.2 Å². The van der Waals surface area contributed by atoms with E-state index in [1.807, 2.05) is 0 Å². The molecule has 4 nitrogen and oxygen atoms in total. The molecule has 1 fully saturated rings. The van der Waals surface area contributed by atoms with Crippen LogP contribution in [0, 0.1) is 5.92 Å². The fourth-order valence-corrected chi connectivity index (χ4v) is 2.15. The van der Waals surface area contributed by atoms with Crippen molar-refractivity contribution in [3.63, 3.8) is 0 Å². The van der Waals surface area contributed by atoms with Gasteiger partial charge in [-0.15, -0.1) is 0 Å². The molecule has 1 rings (SSSR count). The Morgan fingerprint density at radius 1 is 1.53 bits per heavy atom. The number of carbonyl (C=O) groups is 1. The van der Waals surface area contributed by atoms with Crippen LogP contribution in [0.1, 0.15) is 32.6 Å². The Kier molecular flexibility index (Phi) is 5.05. The van der Waals surface area contributed by atoms with Crippen molar-refractivity contribution in [3.05, 3.63) is 0 Å². The van der Waals surface area contributed by atoms with Gasteiger partial charge in [-0.1, -0.05) is 6.42 Å². The minimum atomic E-state index is -0.483. The van der Waals surface area contributed by atoms with Gasteiger partial charge >= 0.3 is 5.97 Å². The van der Waals surface area contributed by atoms with E-state index in [1.165, 1.54) is 0 Å². The van der Waals surface area contributed by atoms with E-state index in [0.717, 1.165) is 25.7 Å². The molecule has 88 valence electrons. The molecular formula is C11H21NO3. The third kappa shape index (κ3) is 3.47. The molecule has 0 radical (unpaired) electrons. The SMILES string of the molecule is CCOC(=O)C(N)C1CCCC(OC)C1. The van der Waals surface area contributed by atoms with E-state index < -0.39 is 6.04 Å². The number of ether oxygens (including phenoxy) is 2. The van der Waals surface area contributed by atoms with Crippen molar-refractivity contribution in [2.24, 2.45) is 11.7 Å². The highest BCUT2D eigenvalue weighted by Gasteiger charge is 2.31. The normalized spacial score (nSPS) is 28.5. The summed E-state index contributed by atoms with van der Waals surface area (Å²) >= 11 is 0. The van der Waals surface area contributed by atoms with Gasteiger partial charge in [-0.25, -0.2) is 0 Å². The molecule has 0 amide bonds. The van der Waals surface area contributed by atoms with E-state index in [2.05, 4.69) is 0 Å². The van der Waals surface area contributed by atoms with Crippen LogP contribution in [-0.2, 0) is 14.3 Å². The first kappa shape index (κ1) is 12.5. The molecule has 0 saturated heterocycles. The molecule has 0 aliphatic heterocycles. The Morgan fingerprint density at radius 2 is 2.27 bits per heavy atom. The maximum atomic E-state index is 11.4. The summed E-state index contributed by atoms with van der Waals surface area (Å²) in [6, 6.07) is -0.483. The zero-order valence-electron chi connectivity index (χ0n) is 9.57. The monoisotopic (exact) mass is 215 g/mol. The number of rotatable bonds is 4. The summed E-state index contributed by atoms with van der Waals surface area (Å²) in [5.74, 6) is -0.0676. The van der Waals surface area contributed by atoms with Gasteiger partial charge in [-0.05, 0) is 32.1 Å². The number of hydrogen-bond acceptors (Lipinski definition) is 4. The number of hydrogen-bond donors (Lipinski definition) is 1. The van der Waals surface area contributed by atoms with Crippen LogP contribution in [-0.4, -0.2) is 31.8 Å². The van der Waals surface area contributed by atoms with E-state index >= 15 is 0 Å². The van der Waals surface area contributed by atoms with E-state index in [0.29, 0.717) is 6.61 Å². The molecule has 1 aliphatic carbocycles. The molecule has 1 aliphatic rings. The Hall–Kier alpha value is -0.610. The number of carbonyl (C=O) groups excluding carboxylic acids is 1. The highest BCUT2D eigenvalue weighted by atomic mass is 16.5. The Morgan fingerprint density at radius 3 is 2.87 bits per heavy atom. The second kappa shape index (κ2) is 6.08. The first-order valence-electron chi connectivity index (χ1n) is 5.64. The van der Waals surface area contributed by atoms with Crippen molar-refractivity contribution in [2.45, 2.75) is 44.8 Å². The molecule has 15 heavy (non-hydrogen) atoms. The standard InChI is InChI=1S/C11H21NO3/c1-3-15-11(13)10(12)8-5-4-6-9(7-8)14-2/h8-10H,3-7,12H2,1-2H3. The lowest BCUT2D eigenvalue weighted by Gasteiger charge is -2.30. The lowest BCUT2D eigenvalue weighted by Crippen LogP contribution is -2.42. The van der Waals surface area contributed by atoms with Crippen molar-refractivity contribution in [1.29, 1.82) is 0 Å². The summed E-state index contributed by atoms with van der Waals surface area (Å²) in [6.07, 6.45) is 4.28. The second-order valence-corrected chi connectivity index (χ2v) is 4.06. The summed E-state index contributed by atoms with van der Waals surface area (Å²) in [7, 11) is 1.71. The Labute approximate surface area is 91.1 Å². The molecule has 4 heteroatoms. The molecule has 3 unspecified atom stereocenters. The molecule has 1 saturated carbocycles. The zero-order chi connectivity index (χ0) is 11.3. The number of methoxy groups -OCH3 is 1. The molecule has 0 bridgehead atoms. The van der Waals surface area contributed by atoms with E-state index in [9.17, 15) is 4.79 Å². The summed E-state index contributed by atoms with van der Waals surface area (Å²) in [6.45, 7) is 2.19. The van der Waals surface area contributed by atoms with Crippen LogP contribution in [0.3, 0.4) is 0 Å². The topological polar surface area (TPSA) is 61.5 Å². The maximum absolute atomic E-state index is 11.4. The van der Waals surface area contributed by atoms with E-state index in [-0.39, 0.29) is 18.0 Å². The first-order valence-corrected chi connectivity index (χ1v) is 5.64. The first-order chi connectivity index (χ1) is 7.19. The van der Waals surface area contributed by atoms with Crippen molar-refractivity contribution >= 4 is 5.97 Å². The van der Waals surface area contributed by atoms with Crippen LogP contribution < -0.4 is 5.73 Å². The predicted octanol–water partition coefficient (Wildman–Crippen LogP) is 1.08. The molecule has 0 aromatic carbocycles. The number of esters is 1. The van der Waals surface area contributed by atoms with Gasteiger partial charge in [0.2, 0.25) is 0 Å². The van der Waals surface area contributed by atoms with Crippen LogP contribution in [0.5, 0.6) is 0 Å². The lowest BCUT2D eigenvalue weighted by molar-refractivity contribution is -0.146. The minimum Gasteiger partial charge on any atom is -0.465 e. The maximum Gasteiger partial charge on any atom is 0.323 e. The van der Waals surface area contributed by atoms with E-state index in [1.54, 1.807) is 14.0 Å². The van der Waals surface area contributed by atoms with Gasteiger partial charge in [0.05, 0.1) is 12.7 Å². The molecular weight excluding hydrogens is 194 g/mol. The fourth-order valence-electron chi connectivity index (χ4n) is 2.15. The summed E-state index contributed by atoms with van der Waals surface area (Å²) < 4.78 is 10.2. The van der Waals surface area contributed by atoms with Crippen LogP contribution in [0.4, 0.5) is 0 Å². The third-order valence-electron chi connectivity index (χ3n) is 3.07. The largest absolute Gasteiger partial charge is 0.465 e. The highest BCUT2D eigenvalue weighted by Crippen LogP contribution is 2.28.